The SMILES string of the molecule is CC(C)(C)c1ccc2c(c1)c1cc(C(C)(C)C)ccc1n2-c1ccc2c(c1)c1cc(-n3c4ccc(C(C)(C)C)cc4c4cc(C(C)(C)C)ccc43)ccc1n2-c1cc2c3c(c1)Oc1ccccc1[Si]3(c1ccccc1)c1ccccc1O2. The number of ether oxygens (including phenoxy) is 2. The molecule has 2 aliphatic heterocycles. The Morgan fingerprint density at radius 1 is 0.280 bits per heavy atom. The van der Waals surface area contributed by atoms with Crippen molar-refractivity contribution < 1.29 is 9.47 Å². The van der Waals surface area contributed by atoms with Crippen molar-refractivity contribution in [2.75, 3.05) is 0 Å². The number of nitrogens with zero attached hydrogens (tertiary/aromatic N) is 3. The van der Waals surface area contributed by atoms with E-state index in [4.69, 9.17) is 9.47 Å². The first-order chi connectivity index (χ1) is 39.2. The van der Waals surface area contributed by atoms with E-state index in [0.717, 1.165) is 67.1 Å². The lowest BCUT2D eigenvalue weighted by atomic mass is 9.85. The van der Waals surface area contributed by atoms with E-state index < -0.39 is 8.07 Å². The van der Waals surface area contributed by atoms with E-state index in [1.54, 1.807) is 0 Å². The van der Waals surface area contributed by atoms with Crippen LogP contribution in [0, 0.1) is 0 Å². The lowest BCUT2D eigenvalue weighted by Gasteiger charge is -2.43. The summed E-state index contributed by atoms with van der Waals surface area (Å²) in [6.45, 7) is 27.7. The van der Waals surface area contributed by atoms with Gasteiger partial charge in [0.1, 0.15) is 23.0 Å². The molecule has 0 amide bonds. The van der Waals surface area contributed by atoms with Gasteiger partial charge in [0.25, 0.3) is 0 Å². The number of hydrogen-bond donors (Lipinski definition) is 0. The Morgan fingerprint density at radius 2 is 0.585 bits per heavy atom. The normalized spacial score (nSPS) is 14.1. The van der Waals surface area contributed by atoms with E-state index in [9.17, 15) is 0 Å². The first-order valence-electron chi connectivity index (χ1n) is 29.2. The largest absolute Gasteiger partial charge is 0.457 e. The third-order valence-corrected chi connectivity index (χ3v) is 23.0. The van der Waals surface area contributed by atoms with Crippen molar-refractivity contribution in [1.82, 2.24) is 13.7 Å². The van der Waals surface area contributed by atoms with Crippen molar-refractivity contribution in [3.8, 4) is 40.1 Å². The molecule has 0 aliphatic carbocycles. The second-order valence-corrected chi connectivity index (χ2v) is 31.1. The number of para-hydroxylation sites is 2. The van der Waals surface area contributed by atoms with Crippen LogP contribution in [-0.2, 0) is 21.7 Å². The van der Waals surface area contributed by atoms with Gasteiger partial charge in [0.2, 0.25) is 0 Å². The maximum atomic E-state index is 7.20. The van der Waals surface area contributed by atoms with Gasteiger partial charge in [-0.25, -0.2) is 0 Å². The maximum Gasteiger partial charge on any atom is 0.197 e. The highest BCUT2D eigenvalue weighted by atomic mass is 28.3. The van der Waals surface area contributed by atoms with Crippen LogP contribution < -0.4 is 30.2 Å². The smallest absolute Gasteiger partial charge is 0.197 e. The van der Waals surface area contributed by atoms with Crippen molar-refractivity contribution >= 4 is 94.2 Å². The van der Waals surface area contributed by atoms with Gasteiger partial charge in [-0.1, -0.05) is 174 Å². The molecule has 5 nitrogen and oxygen atoms in total. The predicted molar refractivity (Wildman–Crippen MR) is 348 cm³/mol. The molecule has 0 atom stereocenters. The molecule has 0 unspecified atom stereocenters. The highest BCUT2D eigenvalue weighted by Gasteiger charge is 2.53. The van der Waals surface area contributed by atoms with Crippen LogP contribution in [-0.4, -0.2) is 21.8 Å². The Morgan fingerprint density at radius 3 is 0.939 bits per heavy atom. The standard InChI is InChI=1S/C76H69N3O2Si/c1-73(2,3)46-26-32-60-54(38-46)55-39-47(74(4,5)6)27-33-61(55)77(60)50-30-36-64-58(42-50)59-43-51(78-62-34-28-48(75(7,8)9)40-56(62)57-41-49(76(10,11)12)29-35-63(57)78)31-37-65(59)79(64)52-44-68-72-69(45-52)81-67-23-17-19-25-71(67)82(72,53-20-14-13-15-21-53)70-24-18-16-22-66(70)80-68/h13-45H,1-12H3. The minimum atomic E-state index is -2.96. The second kappa shape index (κ2) is 17.2. The van der Waals surface area contributed by atoms with Gasteiger partial charge >= 0.3 is 0 Å². The molecule has 0 bridgehead atoms. The van der Waals surface area contributed by atoms with Gasteiger partial charge in [0.05, 0.1) is 38.8 Å². The van der Waals surface area contributed by atoms with Gasteiger partial charge in [-0.2, -0.15) is 0 Å². The maximum absolute atomic E-state index is 7.20. The summed E-state index contributed by atoms with van der Waals surface area (Å²) >= 11 is 0. The zero-order valence-electron chi connectivity index (χ0n) is 49.2. The van der Waals surface area contributed by atoms with Crippen LogP contribution in [0.2, 0.25) is 0 Å². The Labute approximate surface area is 482 Å². The quantitative estimate of drug-likeness (QED) is 0.165. The van der Waals surface area contributed by atoms with Crippen LogP contribution in [0.25, 0.3) is 82.5 Å². The number of aromatic nitrogens is 3. The molecular weight excluding hydrogens is 1010 g/mol. The Kier molecular flexibility index (Phi) is 10.6. The predicted octanol–water partition coefficient (Wildman–Crippen LogP) is 17.8. The minimum absolute atomic E-state index is 0.00786. The first kappa shape index (κ1) is 50.4. The molecule has 6 heteroatoms. The van der Waals surface area contributed by atoms with Crippen LogP contribution in [0.3, 0.4) is 0 Å². The van der Waals surface area contributed by atoms with Gasteiger partial charge in [-0.15, -0.1) is 0 Å². The van der Waals surface area contributed by atoms with Crippen LogP contribution in [0.4, 0.5) is 0 Å². The number of benzene rings is 10. The lowest BCUT2D eigenvalue weighted by Crippen LogP contribution is -2.77. The van der Waals surface area contributed by atoms with E-state index in [2.05, 4.69) is 297 Å². The van der Waals surface area contributed by atoms with Gasteiger partial charge in [0, 0.05) is 61.0 Å². The van der Waals surface area contributed by atoms with E-state index in [1.807, 2.05) is 0 Å². The molecule has 15 rings (SSSR count). The third-order valence-electron chi connectivity index (χ3n) is 18.2. The van der Waals surface area contributed by atoms with Crippen molar-refractivity contribution in [2.45, 2.75) is 105 Å². The monoisotopic (exact) mass is 1080 g/mol. The Hall–Kier alpha value is -8.58. The third kappa shape index (κ3) is 7.36. The summed E-state index contributed by atoms with van der Waals surface area (Å²) in [4.78, 5) is 0. The van der Waals surface area contributed by atoms with E-state index in [0.29, 0.717) is 0 Å². The molecule has 404 valence electrons. The molecule has 0 N–H and O–H groups in total. The molecule has 0 fully saturated rings. The van der Waals surface area contributed by atoms with Crippen molar-refractivity contribution in [1.29, 1.82) is 0 Å². The van der Waals surface area contributed by atoms with Crippen LogP contribution in [0.5, 0.6) is 23.0 Å². The fourth-order valence-electron chi connectivity index (χ4n) is 13.8. The molecular formula is C76H69N3O2Si. The average Bonchev–Trinajstić information content (AvgIpc) is 1.15. The summed E-state index contributed by atoms with van der Waals surface area (Å²) in [6.07, 6.45) is 0. The van der Waals surface area contributed by atoms with Crippen molar-refractivity contribution in [3.63, 3.8) is 0 Å². The van der Waals surface area contributed by atoms with E-state index in [-0.39, 0.29) is 21.7 Å². The van der Waals surface area contributed by atoms with Crippen LogP contribution in [0.15, 0.2) is 200 Å². The van der Waals surface area contributed by atoms with Gasteiger partial charge in [0.15, 0.2) is 8.07 Å². The first-order valence-corrected chi connectivity index (χ1v) is 31.2. The van der Waals surface area contributed by atoms with Crippen molar-refractivity contribution in [3.05, 3.63) is 222 Å². The molecule has 3 aromatic heterocycles. The summed E-state index contributed by atoms with van der Waals surface area (Å²) < 4.78 is 21.8. The highest BCUT2D eigenvalue weighted by molar-refractivity contribution is 7.21. The Balaban J connectivity index is 1.02. The average molecular weight is 1080 g/mol. The van der Waals surface area contributed by atoms with Crippen molar-refractivity contribution in [2.24, 2.45) is 0 Å². The second-order valence-electron chi connectivity index (χ2n) is 27.5. The fourth-order valence-corrected chi connectivity index (χ4v) is 18.9. The summed E-state index contributed by atoms with van der Waals surface area (Å²) in [5, 5.41) is 12.3. The fraction of sp³-hybridized carbons (Fsp3) is 0.211. The summed E-state index contributed by atoms with van der Waals surface area (Å²) in [6, 6.07) is 75.8. The molecule has 0 radical (unpaired) electrons. The zero-order chi connectivity index (χ0) is 56.6. The summed E-state index contributed by atoms with van der Waals surface area (Å²) in [5.41, 5.74) is 15.5. The van der Waals surface area contributed by atoms with Gasteiger partial charge in [-0.3, -0.25) is 0 Å². The number of fused-ring (bicyclic) bond motifs is 13. The lowest BCUT2D eigenvalue weighted by molar-refractivity contribution is 0.463. The zero-order valence-corrected chi connectivity index (χ0v) is 50.2. The summed E-state index contributed by atoms with van der Waals surface area (Å²) in [7, 11) is -2.96. The molecule has 0 saturated heterocycles. The molecule has 2 aliphatic rings. The molecule has 0 spiro atoms. The van der Waals surface area contributed by atoms with Crippen LogP contribution in [0.1, 0.15) is 105 Å². The highest BCUT2D eigenvalue weighted by Crippen LogP contribution is 2.46. The number of hydrogen-bond acceptors (Lipinski definition) is 2. The minimum Gasteiger partial charge on any atom is -0.457 e. The molecule has 82 heavy (non-hydrogen) atoms. The number of rotatable bonds is 4. The molecule has 13 aromatic rings. The topological polar surface area (TPSA) is 33.2 Å². The molecule has 10 aromatic carbocycles. The van der Waals surface area contributed by atoms with Crippen LogP contribution >= 0.6 is 0 Å². The molecule has 5 heterocycles. The van der Waals surface area contributed by atoms with E-state index >= 15 is 0 Å². The van der Waals surface area contributed by atoms with E-state index in [1.165, 1.54) is 81.4 Å². The van der Waals surface area contributed by atoms with Gasteiger partial charge in [-0.05, 0) is 157 Å². The summed E-state index contributed by atoms with van der Waals surface area (Å²) in [5.74, 6) is 3.47. The Bertz CT molecular complexity index is 4430. The molecule has 0 saturated carbocycles. The van der Waals surface area contributed by atoms with Gasteiger partial charge < -0.3 is 23.2 Å².